The molecule has 1 aliphatic heterocycles. The Morgan fingerprint density at radius 2 is 1.44 bits per heavy atom. The molecule has 0 saturated heterocycles. The number of ether oxygens (including phenoxy) is 2. The minimum absolute atomic E-state index is 0.0280. The lowest BCUT2D eigenvalue weighted by molar-refractivity contribution is -0.161. The highest BCUT2D eigenvalue weighted by atomic mass is 16.6. The normalized spacial score (nSPS) is 19.9. The lowest BCUT2D eigenvalue weighted by Gasteiger charge is -2.30. The van der Waals surface area contributed by atoms with E-state index in [1.165, 1.54) is 24.3 Å². The molecule has 0 spiro atoms. The van der Waals surface area contributed by atoms with Gasteiger partial charge in [-0.25, -0.2) is 9.59 Å². The first-order valence-corrected chi connectivity index (χ1v) is 10.8. The topological polar surface area (TPSA) is 171 Å². The molecular weight excluding hydrogens is 472 g/mol. The van der Waals surface area contributed by atoms with Crippen molar-refractivity contribution in [2.75, 3.05) is 0 Å². The molecule has 5 N–H and O–H groups in total. The lowest BCUT2D eigenvalue weighted by Crippen LogP contribution is -2.49. The second-order valence-electron chi connectivity index (χ2n) is 8.16. The van der Waals surface area contributed by atoms with Crippen molar-refractivity contribution in [2.24, 2.45) is 0 Å². The van der Waals surface area contributed by atoms with E-state index in [4.69, 9.17) is 9.47 Å². The van der Waals surface area contributed by atoms with Gasteiger partial charge in [-0.05, 0) is 30.3 Å². The number of benzene rings is 3. The molecule has 1 heterocycles. The minimum atomic E-state index is -2.25. The molecule has 0 aliphatic carbocycles. The molecule has 5 atom stereocenters. The molecule has 0 amide bonds. The SMILES string of the molecule is O=CC(O)C(O)C(O)C(O)C(=O)Oc1ccc(C2(c3ccc(O)cc3)OC(=O)c3ccccc32)cc1. The van der Waals surface area contributed by atoms with Crippen molar-refractivity contribution < 1.29 is 49.4 Å². The van der Waals surface area contributed by atoms with Gasteiger partial charge in [0.25, 0.3) is 0 Å². The number of aliphatic hydroxyl groups excluding tert-OH is 4. The average Bonchev–Trinajstić information content (AvgIpc) is 3.21. The van der Waals surface area contributed by atoms with Crippen LogP contribution in [0.2, 0.25) is 0 Å². The fourth-order valence-corrected chi connectivity index (χ4v) is 4.05. The van der Waals surface area contributed by atoms with Crippen LogP contribution in [0.15, 0.2) is 72.8 Å². The molecule has 4 rings (SSSR count). The maximum Gasteiger partial charge on any atom is 0.343 e. The van der Waals surface area contributed by atoms with Crippen molar-refractivity contribution in [3.8, 4) is 11.5 Å². The van der Waals surface area contributed by atoms with Crippen molar-refractivity contribution in [1.82, 2.24) is 0 Å². The summed E-state index contributed by atoms with van der Waals surface area (Å²) in [5.74, 6) is -1.89. The number of carbonyl (C=O) groups is 3. The molecule has 0 fully saturated rings. The van der Waals surface area contributed by atoms with Crippen LogP contribution >= 0.6 is 0 Å². The summed E-state index contributed by atoms with van der Waals surface area (Å²) in [5, 5.41) is 48.4. The monoisotopic (exact) mass is 494 g/mol. The van der Waals surface area contributed by atoms with Crippen molar-refractivity contribution in [1.29, 1.82) is 0 Å². The van der Waals surface area contributed by atoms with Gasteiger partial charge in [0.05, 0.1) is 5.56 Å². The Hall–Kier alpha value is -4.09. The molecule has 10 heteroatoms. The van der Waals surface area contributed by atoms with Crippen molar-refractivity contribution in [2.45, 2.75) is 30.0 Å². The Balaban J connectivity index is 1.64. The Bertz CT molecular complexity index is 1270. The molecule has 186 valence electrons. The first-order valence-electron chi connectivity index (χ1n) is 10.8. The molecule has 3 aromatic rings. The summed E-state index contributed by atoms with van der Waals surface area (Å²) in [6.45, 7) is 0. The molecule has 0 aromatic heterocycles. The Morgan fingerprint density at radius 1 is 0.861 bits per heavy atom. The van der Waals surface area contributed by atoms with Crippen LogP contribution in [0.25, 0.3) is 0 Å². The molecule has 0 radical (unpaired) electrons. The quantitative estimate of drug-likeness (QED) is 0.168. The van der Waals surface area contributed by atoms with Gasteiger partial charge in [0, 0.05) is 16.7 Å². The molecule has 10 nitrogen and oxygen atoms in total. The van der Waals surface area contributed by atoms with Gasteiger partial charge < -0.3 is 39.8 Å². The summed E-state index contributed by atoms with van der Waals surface area (Å²) in [6, 6.07) is 18.9. The van der Waals surface area contributed by atoms with Crippen LogP contribution in [0.4, 0.5) is 0 Å². The number of hydrogen-bond donors (Lipinski definition) is 5. The number of rotatable bonds is 8. The van der Waals surface area contributed by atoms with Gasteiger partial charge in [-0.2, -0.15) is 0 Å². The number of aliphatic hydroxyl groups is 4. The zero-order valence-corrected chi connectivity index (χ0v) is 18.6. The predicted octanol–water partition coefficient (Wildman–Crippen LogP) is 0.402. The Morgan fingerprint density at radius 3 is 2.06 bits per heavy atom. The van der Waals surface area contributed by atoms with E-state index < -0.39 is 42.0 Å². The van der Waals surface area contributed by atoms with Crippen LogP contribution in [0.1, 0.15) is 27.0 Å². The number of phenols is 1. The van der Waals surface area contributed by atoms with Crippen LogP contribution in [0.5, 0.6) is 11.5 Å². The first kappa shape index (κ1) is 25.0. The van der Waals surface area contributed by atoms with E-state index in [0.717, 1.165) is 0 Å². The van der Waals surface area contributed by atoms with E-state index in [9.17, 15) is 39.9 Å². The minimum Gasteiger partial charge on any atom is -0.508 e. The van der Waals surface area contributed by atoms with Gasteiger partial charge in [0.15, 0.2) is 18.0 Å². The number of hydrogen-bond acceptors (Lipinski definition) is 10. The highest BCUT2D eigenvalue weighted by molar-refractivity contribution is 5.96. The third-order valence-corrected chi connectivity index (χ3v) is 5.93. The lowest BCUT2D eigenvalue weighted by atomic mass is 9.80. The number of carbonyl (C=O) groups excluding carboxylic acids is 3. The second-order valence-corrected chi connectivity index (χ2v) is 8.16. The van der Waals surface area contributed by atoms with Gasteiger partial charge in [-0.1, -0.05) is 42.5 Å². The number of phenolic OH excluding ortho intramolecular Hbond substituents is 1. The van der Waals surface area contributed by atoms with E-state index in [-0.39, 0.29) is 17.8 Å². The van der Waals surface area contributed by atoms with Gasteiger partial charge >= 0.3 is 11.9 Å². The first-order chi connectivity index (χ1) is 17.2. The summed E-state index contributed by atoms with van der Waals surface area (Å²) < 4.78 is 11.0. The Labute approximate surface area is 204 Å². The molecule has 0 bridgehead atoms. The summed E-state index contributed by atoms with van der Waals surface area (Å²) in [5.41, 5.74) is 0.649. The molecule has 3 aromatic carbocycles. The average molecular weight is 494 g/mol. The van der Waals surface area contributed by atoms with Crippen molar-refractivity contribution in [3.05, 3.63) is 95.1 Å². The van der Waals surface area contributed by atoms with Crippen molar-refractivity contribution in [3.63, 3.8) is 0 Å². The van der Waals surface area contributed by atoms with Gasteiger partial charge in [-0.3, -0.25) is 0 Å². The standard InChI is InChI=1S/C26H22O10/c27-13-20(29)21(30)22(31)23(32)25(34)35-17-11-7-15(8-12-17)26(14-5-9-16(28)10-6-14)19-4-2-1-3-18(19)24(33)36-26/h1-13,20-23,28-32H. The molecule has 5 unspecified atom stereocenters. The molecule has 1 aliphatic rings. The number of fused-ring (bicyclic) bond motifs is 1. The number of aldehydes is 1. The fraction of sp³-hybridized carbons (Fsp3) is 0.192. The van der Waals surface area contributed by atoms with E-state index >= 15 is 0 Å². The highest BCUT2D eigenvalue weighted by Crippen LogP contribution is 2.47. The van der Waals surface area contributed by atoms with Crippen LogP contribution in [0.3, 0.4) is 0 Å². The smallest absolute Gasteiger partial charge is 0.343 e. The summed E-state index contributed by atoms with van der Waals surface area (Å²) in [4.78, 5) is 35.5. The van der Waals surface area contributed by atoms with Crippen LogP contribution in [0, 0.1) is 0 Å². The van der Waals surface area contributed by atoms with E-state index in [1.807, 2.05) is 0 Å². The highest BCUT2D eigenvalue weighted by Gasteiger charge is 2.48. The van der Waals surface area contributed by atoms with Gasteiger partial charge in [0.2, 0.25) is 0 Å². The largest absolute Gasteiger partial charge is 0.508 e. The number of cyclic esters (lactones) is 1. The van der Waals surface area contributed by atoms with E-state index in [1.54, 1.807) is 48.5 Å². The molecule has 0 saturated carbocycles. The van der Waals surface area contributed by atoms with E-state index in [2.05, 4.69) is 0 Å². The predicted molar refractivity (Wildman–Crippen MR) is 122 cm³/mol. The van der Waals surface area contributed by atoms with Crippen molar-refractivity contribution >= 4 is 18.2 Å². The summed E-state index contributed by atoms with van der Waals surface area (Å²) in [6.07, 6.45) is -8.59. The van der Waals surface area contributed by atoms with Gasteiger partial charge in [0.1, 0.15) is 29.8 Å². The number of aromatic hydroxyl groups is 1. The Kier molecular flexibility index (Phi) is 6.86. The summed E-state index contributed by atoms with van der Waals surface area (Å²) >= 11 is 0. The third-order valence-electron chi connectivity index (χ3n) is 5.93. The second kappa shape index (κ2) is 9.88. The maximum absolute atomic E-state index is 12.7. The number of esters is 2. The summed E-state index contributed by atoms with van der Waals surface area (Å²) in [7, 11) is 0. The van der Waals surface area contributed by atoms with E-state index in [0.29, 0.717) is 22.3 Å². The maximum atomic E-state index is 12.7. The zero-order valence-electron chi connectivity index (χ0n) is 18.6. The zero-order chi connectivity index (χ0) is 26.0. The molecule has 36 heavy (non-hydrogen) atoms. The van der Waals surface area contributed by atoms with Crippen LogP contribution in [-0.2, 0) is 19.9 Å². The van der Waals surface area contributed by atoms with Crippen LogP contribution < -0.4 is 4.74 Å². The van der Waals surface area contributed by atoms with Gasteiger partial charge in [-0.15, -0.1) is 0 Å². The fourth-order valence-electron chi connectivity index (χ4n) is 4.05. The van der Waals surface area contributed by atoms with Crippen LogP contribution in [-0.4, -0.2) is 68.2 Å². The third kappa shape index (κ3) is 4.34. The molecular formula is C26H22O10.